The first-order valence-electron chi connectivity index (χ1n) is 7.67. The van der Waals surface area contributed by atoms with Crippen molar-refractivity contribution in [2.75, 3.05) is 35.6 Å². The fraction of sp³-hybridized carbons (Fsp3) is 0.278. The molecule has 0 spiro atoms. The van der Waals surface area contributed by atoms with Gasteiger partial charge >= 0.3 is 0 Å². The van der Waals surface area contributed by atoms with Crippen LogP contribution in [0.1, 0.15) is 11.1 Å². The Morgan fingerprint density at radius 1 is 1.26 bits per heavy atom. The Morgan fingerprint density at radius 2 is 2.09 bits per heavy atom. The molecule has 5 heteroatoms. The standard InChI is InChI=1S/C18H21N3O2/c1-12-3-5-15(13(2)9-12)20-18(22)11-21-7-8-23-17-6-4-14(19)10-16(17)21/h3-6,9-10H,7-8,11,19H2,1-2H3,(H,20,22). The third-order valence-corrected chi connectivity index (χ3v) is 3.93. The molecule has 0 atom stereocenters. The van der Waals surface area contributed by atoms with E-state index >= 15 is 0 Å². The monoisotopic (exact) mass is 311 g/mol. The molecule has 1 aliphatic heterocycles. The van der Waals surface area contributed by atoms with Crippen molar-refractivity contribution in [1.29, 1.82) is 0 Å². The van der Waals surface area contributed by atoms with E-state index in [1.807, 2.05) is 43.0 Å². The van der Waals surface area contributed by atoms with E-state index in [0.717, 1.165) is 22.7 Å². The summed E-state index contributed by atoms with van der Waals surface area (Å²) in [5.74, 6) is 0.719. The number of hydrogen-bond acceptors (Lipinski definition) is 4. The van der Waals surface area contributed by atoms with Gasteiger partial charge < -0.3 is 20.7 Å². The number of amides is 1. The second kappa shape index (κ2) is 6.20. The minimum absolute atomic E-state index is 0.0489. The maximum absolute atomic E-state index is 12.4. The molecule has 1 heterocycles. The molecule has 3 N–H and O–H groups in total. The van der Waals surface area contributed by atoms with Crippen LogP contribution in [0.25, 0.3) is 0 Å². The molecule has 0 saturated heterocycles. The molecule has 0 unspecified atom stereocenters. The van der Waals surface area contributed by atoms with Crippen molar-refractivity contribution in [2.24, 2.45) is 0 Å². The van der Waals surface area contributed by atoms with Crippen LogP contribution in [0.15, 0.2) is 36.4 Å². The molecule has 23 heavy (non-hydrogen) atoms. The normalized spacial score (nSPS) is 13.2. The summed E-state index contributed by atoms with van der Waals surface area (Å²) in [6, 6.07) is 11.5. The Hall–Kier alpha value is -2.69. The average Bonchev–Trinajstić information content (AvgIpc) is 2.51. The molecule has 2 aromatic rings. The van der Waals surface area contributed by atoms with Crippen LogP contribution in [0.2, 0.25) is 0 Å². The van der Waals surface area contributed by atoms with Crippen molar-refractivity contribution in [3.05, 3.63) is 47.5 Å². The van der Waals surface area contributed by atoms with Gasteiger partial charge in [0.2, 0.25) is 5.91 Å². The summed E-state index contributed by atoms with van der Waals surface area (Å²) in [6.45, 7) is 5.53. The number of carbonyl (C=O) groups excluding carboxylic acids is 1. The minimum Gasteiger partial charge on any atom is -0.490 e. The van der Waals surface area contributed by atoms with Gasteiger partial charge in [-0.2, -0.15) is 0 Å². The molecular weight excluding hydrogens is 290 g/mol. The molecule has 5 nitrogen and oxygen atoms in total. The van der Waals surface area contributed by atoms with E-state index in [0.29, 0.717) is 18.8 Å². The Balaban J connectivity index is 1.73. The lowest BCUT2D eigenvalue weighted by Gasteiger charge is -2.31. The second-order valence-corrected chi connectivity index (χ2v) is 5.86. The first-order valence-corrected chi connectivity index (χ1v) is 7.67. The van der Waals surface area contributed by atoms with Gasteiger partial charge in [0, 0.05) is 11.4 Å². The van der Waals surface area contributed by atoms with Gasteiger partial charge in [0.1, 0.15) is 12.4 Å². The van der Waals surface area contributed by atoms with Gasteiger partial charge in [-0.15, -0.1) is 0 Å². The zero-order chi connectivity index (χ0) is 16.4. The largest absolute Gasteiger partial charge is 0.490 e. The van der Waals surface area contributed by atoms with Gasteiger partial charge in [0.05, 0.1) is 18.8 Å². The number of nitrogens with two attached hydrogens (primary N) is 1. The highest BCUT2D eigenvalue weighted by molar-refractivity contribution is 5.95. The van der Waals surface area contributed by atoms with E-state index in [9.17, 15) is 4.79 Å². The number of nitrogen functional groups attached to an aromatic ring is 1. The molecule has 0 bridgehead atoms. The maximum atomic E-state index is 12.4. The number of benzene rings is 2. The summed E-state index contributed by atoms with van der Waals surface area (Å²) < 4.78 is 5.61. The quantitative estimate of drug-likeness (QED) is 0.855. The molecule has 0 aliphatic carbocycles. The van der Waals surface area contributed by atoms with Gasteiger partial charge in [-0.3, -0.25) is 4.79 Å². The Morgan fingerprint density at radius 3 is 2.87 bits per heavy atom. The molecule has 120 valence electrons. The molecule has 1 amide bonds. The van der Waals surface area contributed by atoms with Crippen LogP contribution in [-0.4, -0.2) is 25.6 Å². The zero-order valence-corrected chi connectivity index (χ0v) is 13.4. The van der Waals surface area contributed by atoms with Gasteiger partial charge in [-0.05, 0) is 43.7 Å². The summed E-state index contributed by atoms with van der Waals surface area (Å²) in [5, 5.41) is 2.98. The van der Waals surface area contributed by atoms with E-state index in [-0.39, 0.29) is 12.5 Å². The Labute approximate surface area is 136 Å². The number of ether oxygens (including phenoxy) is 1. The van der Waals surface area contributed by atoms with Crippen molar-refractivity contribution < 1.29 is 9.53 Å². The third kappa shape index (κ3) is 3.39. The van der Waals surface area contributed by atoms with Crippen LogP contribution in [0.5, 0.6) is 5.75 Å². The molecule has 1 aliphatic rings. The van der Waals surface area contributed by atoms with Crippen LogP contribution >= 0.6 is 0 Å². The second-order valence-electron chi connectivity index (χ2n) is 5.86. The Bertz CT molecular complexity index is 743. The molecule has 0 saturated carbocycles. The van der Waals surface area contributed by atoms with E-state index < -0.39 is 0 Å². The lowest BCUT2D eigenvalue weighted by Crippen LogP contribution is -2.38. The number of hydrogen-bond donors (Lipinski definition) is 2. The maximum Gasteiger partial charge on any atom is 0.243 e. The predicted octanol–water partition coefficient (Wildman–Crippen LogP) is 2.72. The van der Waals surface area contributed by atoms with Crippen molar-refractivity contribution in [3.8, 4) is 5.75 Å². The summed E-state index contributed by atoms with van der Waals surface area (Å²) in [5.41, 5.74) is 10.5. The van der Waals surface area contributed by atoms with Gasteiger partial charge in [-0.25, -0.2) is 0 Å². The summed E-state index contributed by atoms with van der Waals surface area (Å²) in [4.78, 5) is 14.4. The molecule has 0 radical (unpaired) electrons. The number of rotatable bonds is 3. The van der Waals surface area contributed by atoms with Crippen LogP contribution < -0.4 is 20.7 Å². The number of nitrogens with zero attached hydrogens (tertiary/aromatic N) is 1. The van der Waals surface area contributed by atoms with Crippen molar-refractivity contribution in [2.45, 2.75) is 13.8 Å². The predicted molar refractivity (Wildman–Crippen MR) is 93.1 cm³/mol. The number of carbonyl (C=O) groups is 1. The highest BCUT2D eigenvalue weighted by atomic mass is 16.5. The van der Waals surface area contributed by atoms with Crippen LogP contribution in [0.3, 0.4) is 0 Å². The third-order valence-electron chi connectivity index (χ3n) is 3.93. The van der Waals surface area contributed by atoms with Crippen molar-refractivity contribution in [3.63, 3.8) is 0 Å². The highest BCUT2D eigenvalue weighted by Gasteiger charge is 2.20. The topological polar surface area (TPSA) is 67.6 Å². The van der Waals surface area contributed by atoms with Gasteiger partial charge in [0.15, 0.2) is 0 Å². The molecular formula is C18H21N3O2. The first-order chi connectivity index (χ1) is 11.0. The SMILES string of the molecule is Cc1ccc(NC(=O)CN2CCOc3ccc(N)cc32)c(C)c1. The number of anilines is 3. The summed E-state index contributed by atoms with van der Waals surface area (Å²) in [7, 11) is 0. The van der Waals surface area contributed by atoms with E-state index in [1.165, 1.54) is 5.56 Å². The lowest BCUT2D eigenvalue weighted by atomic mass is 10.1. The fourth-order valence-corrected chi connectivity index (χ4v) is 2.77. The van der Waals surface area contributed by atoms with E-state index in [1.54, 1.807) is 6.07 Å². The van der Waals surface area contributed by atoms with E-state index in [4.69, 9.17) is 10.5 Å². The molecule has 0 fully saturated rings. The fourth-order valence-electron chi connectivity index (χ4n) is 2.77. The van der Waals surface area contributed by atoms with Crippen molar-refractivity contribution in [1.82, 2.24) is 0 Å². The summed E-state index contributed by atoms with van der Waals surface area (Å²) >= 11 is 0. The van der Waals surface area contributed by atoms with Crippen LogP contribution in [0.4, 0.5) is 17.1 Å². The van der Waals surface area contributed by atoms with Gasteiger partial charge in [0.25, 0.3) is 0 Å². The van der Waals surface area contributed by atoms with Crippen LogP contribution in [0, 0.1) is 13.8 Å². The van der Waals surface area contributed by atoms with Crippen LogP contribution in [-0.2, 0) is 4.79 Å². The Kier molecular flexibility index (Phi) is 4.10. The summed E-state index contributed by atoms with van der Waals surface area (Å²) in [6.07, 6.45) is 0. The molecule has 3 rings (SSSR count). The highest BCUT2D eigenvalue weighted by Crippen LogP contribution is 2.33. The number of nitrogens with one attached hydrogen (secondary N) is 1. The molecule has 2 aromatic carbocycles. The minimum atomic E-state index is -0.0489. The number of fused-ring (bicyclic) bond motifs is 1. The average molecular weight is 311 g/mol. The van der Waals surface area contributed by atoms with E-state index in [2.05, 4.69) is 11.4 Å². The molecule has 0 aromatic heterocycles. The number of aryl methyl sites for hydroxylation is 2. The van der Waals surface area contributed by atoms with Crippen molar-refractivity contribution >= 4 is 23.0 Å². The smallest absolute Gasteiger partial charge is 0.243 e. The zero-order valence-electron chi connectivity index (χ0n) is 13.4. The van der Waals surface area contributed by atoms with Gasteiger partial charge in [-0.1, -0.05) is 17.7 Å². The first kappa shape index (κ1) is 15.2. The lowest BCUT2D eigenvalue weighted by molar-refractivity contribution is -0.115.